The Morgan fingerprint density at radius 3 is 2.50 bits per heavy atom. The normalized spacial score (nSPS) is 12.5. The quantitative estimate of drug-likeness (QED) is 0.490. The van der Waals surface area contributed by atoms with Crippen LogP contribution in [0, 0.1) is 12.8 Å². The van der Waals surface area contributed by atoms with E-state index in [4.69, 9.17) is 0 Å². The molecule has 1 aromatic carbocycles. The molecule has 0 aliphatic rings. The van der Waals surface area contributed by atoms with Crippen molar-refractivity contribution in [2.24, 2.45) is 5.92 Å². The van der Waals surface area contributed by atoms with E-state index in [9.17, 15) is 4.79 Å². The first-order valence-corrected chi connectivity index (χ1v) is 11.2. The third-order valence-electron chi connectivity index (χ3n) is 5.99. The van der Waals surface area contributed by atoms with Crippen LogP contribution in [-0.4, -0.2) is 27.0 Å². The number of nitrogens with one attached hydrogen (secondary N) is 1. The van der Waals surface area contributed by atoms with Gasteiger partial charge in [-0.25, -0.2) is 9.50 Å². The van der Waals surface area contributed by atoms with Crippen LogP contribution in [0.5, 0.6) is 0 Å². The highest BCUT2D eigenvalue weighted by Crippen LogP contribution is 2.26. The van der Waals surface area contributed by atoms with Crippen LogP contribution in [0.15, 0.2) is 36.7 Å². The summed E-state index contributed by atoms with van der Waals surface area (Å²) in [6, 6.07) is 8.54. The fraction of sp³-hybridized carbons (Fsp3) is 0.480. The van der Waals surface area contributed by atoms with Crippen LogP contribution >= 0.6 is 0 Å². The van der Waals surface area contributed by atoms with E-state index < -0.39 is 0 Å². The molecule has 0 fully saturated rings. The number of aryl methyl sites for hydroxylation is 1. The number of aromatic nitrogens is 3. The van der Waals surface area contributed by atoms with Crippen molar-refractivity contribution in [3.8, 4) is 11.1 Å². The summed E-state index contributed by atoms with van der Waals surface area (Å²) in [6.07, 6.45) is 8.14. The van der Waals surface area contributed by atoms with Gasteiger partial charge < -0.3 is 5.32 Å². The molecule has 0 saturated carbocycles. The molecule has 2 heterocycles. The minimum Gasteiger partial charge on any atom is -0.352 e. The molecule has 3 aromatic rings. The van der Waals surface area contributed by atoms with Crippen LogP contribution in [0.3, 0.4) is 0 Å². The Hall–Kier alpha value is -2.69. The number of amides is 1. The third-order valence-corrected chi connectivity index (χ3v) is 5.99. The van der Waals surface area contributed by atoms with E-state index in [0.717, 1.165) is 35.3 Å². The smallest absolute Gasteiger partial charge is 0.254 e. The predicted molar refractivity (Wildman–Crippen MR) is 123 cm³/mol. The summed E-state index contributed by atoms with van der Waals surface area (Å²) in [5.74, 6) is 0.949. The van der Waals surface area contributed by atoms with Gasteiger partial charge in [0.05, 0.1) is 17.5 Å². The van der Waals surface area contributed by atoms with Gasteiger partial charge in [0, 0.05) is 18.3 Å². The van der Waals surface area contributed by atoms with Crippen LogP contribution in [0.25, 0.3) is 16.8 Å². The molecular weight excluding hydrogens is 372 g/mol. The lowest BCUT2D eigenvalue weighted by atomic mass is 9.99. The first-order chi connectivity index (χ1) is 14.5. The summed E-state index contributed by atoms with van der Waals surface area (Å²) in [5.41, 5.74) is 5.53. The van der Waals surface area contributed by atoms with Crippen LogP contribution in [0.1, 0.15) is 80.9 Å². The Kier molecular flexibility index (Phi) is 7.24. The molecule has 30 heavy (non-hydrogen) atoms. The van der Waals surface area contributed by atoms with E-state index >= 15 is 0 Å². The minimum absolute atomic E-state index is 0.0739. The molecule has 0 unspecified atom stereocenters. The second-order valence-corrected chi connectivity index (χ2v) is 8.45. The van der Waals surface area contributed by atoms with E-state index in [2.05, 4.69) is 67.4 Å². The number of unbranched alkanes of at least 4 members (excludes halogenated alkanes) is 1. The van der Waals surface area contributed by atoms with Gasteiger partial charge in [0.2, 0.25) is 0 Å². The summed E-state index contributed by atoms with van der Waals surface area (Å²) in [6.45, 7) is 11.4. The predicted octanol–water partition coefficient (Wildman–Crippen LogP) is 5.77. The number of fused-ring (bicyclic) bond motifs is 1. The molecule has 5 nitrogen and oxygen atoms in total. The summed E-state index contributed by atoms with van der Waals surface area (Å²) >= 11 is 0. The monoisotopic (exact) mass is 406 g/mol. The molecule has 1 atom stereocenters. The van der Waals surface area contributed by atoms with Crippen molar-refractivity contribution >= 4 is 11.6 Å². The molecule has 0 saturated heterocycles. The first-order valence-electron chi connectivity index (χ1n) is 11.2. The number of hydrogen-bond acceptors (Lipinski definition) is 3. The molecule has 2 aromatic heterocycles. The first kappa shape index (κ1) is 22.0. The highest BCUT2D eigenvalue weighted by Gasteiger charge is 2.17. The van der Waals surface area contributed by atoms with E-state index in [1.54, 1.807) is 10.7 Å². The lowest BCUT2D eigenvalue weighted by Gasteiger charge is -2.16. The molecule has 0 radical (unpaired) electrons. The molecular formula is C25H34N4O. The van der Waals surface area contributed by atoms with Crippen molar-refractivity contribution in [1.82, 2.24) is 19.9 Å². The van der Waals surface area contributed by atoms with Gasteiger partial charge >= 0.3 is 0 Å². The number of carbonyl (C=O) groups excluding carboxylic acids is 1. The molecule has 1 amide bonds. The van der Waals surface area contributed by atoms with Gasteiger partial charge in [-0.05, 0) is 36.3 Å². The molecule has 1 N–H and O–H groups in total. The average molecular weight is 407 g/mol. The summed E-state index contributed by atoms with van der Waals surface area (Å²) in [7, 11) is 0. The number of benzene rings is 1. The van der Waals surface area contributed by atoms with Crippen molar-refractivity contribution in [3.05, 3.63) is 53.5 Å². The van der Waals surface area contributed by atoms with Crippen LogP contribution in [0.2, 0.25) is 0 Å². The zero-order chi connectivity index (χ0) is 21.7. The molecule has 0 bridgehead atoms. The van der Waals surface area contributed by atoms with E-state index in [0.29, 0.717) is 23.9 Å². The maximum atomic E-state index is 12.8. The highest BCUT2D eigenvalue weighted by atomic mass is 16.1. The fourth-order valence-corrected chi connectivity index (χ4v) is 3.79. The zero-order valence-corrected chi connectivity index (χ0v) is 18.9. The van der Waals surface area contributed by atoms with Crippen LogP contribution in [-0.2, 0) is 0 Å². The Labute approximate surface area is 179 Å². The molecule has 0 aliphatic heterocycles. The Balaban J connectivity index is 1.80. The minimum atomic E-state index is -0.0739. The van der Waals surface area contributed by atoms with E-state index in [1.165, 1.54) is 18.4 Å². The highest BCUT2D eigenvalue weighted by molar-refractivity contribution is 5.95. The second-order valence-electron chi connectivity index (χ2n) is 8.45. The van der Waals surface area contributed by atoms with Crippen LogP contribution < -0.4 is 5.32 Å². The average Bonchev–Trinajstić information content (AvgIpc) is 3.19. The molecule has 160 valence electrons. The SMILES string of the molecule is CCCC[C@H](CC)CNC(=O)c1cnc2c(-c3ccc(C(C)C)cc3)cnn2c1C. The van der Waals surface area contributed by atoms with Crippen molar-refractivity contribution in [2.45, 2.75) is 66.2 Å². The maximum absolute atomic E-state index is 12.8. The topological polar surface area (TPSA) is 59.3 Å². The third kappa shape index (κ3) is 4.72. The summed E-state index contributed by atoms with van der Waals surface area (Å²) < 4.78 is 1.77. The number of nitrogens with zero attached hydrogens (tertiary/aromatic N) is 3. The van der Waals surface area contributed by atoms with Gasteiger partial charge in [-0.15, -0.1) is 0 Å². The van der Waals surface area contributed by atoms with Crippen molar-refractivity contribution in [1.29, 1.82) is 0 Å². The lowest BCUT2D eigenvalue weighted by Crippen LogP contribution is -2.30. The molecule has 3 rings (SSSR count). The summed E-state index contributed by atoms with van der Waals surface area (Å²) in [5, 5.41) is 7.62. The fourth-order valence-electron chi connectivity index (χ4n) is 3.79. The van der Waals surface area contributed by atoms with Crippen molar-refractivity contribution in [2.75, 3.05) is 6.54 Å². The van der Waals surface area contributed by atoms with Gasteiger partial charge in [0.15, 0.2) is 5.65 Å². The molecule has 0 aliphatic carbocycles. The number of rotatable bonds is 9. The van der Waals surface area contributed by atoms with E-state index in [1.807, 2.05) is 13.1 Å². The van der Waals surface area contributed by atoms with Crippen LogP contribution in [0.4, 0.5) is 0 Å². The number of carbonyl (C=O) groups is 1. The molecule has 5 heteroatoms. The van der Waals surface area contributed by atoms with Crippen molar-refractivity contribution in [3.63, 3.8) is 0 Å². The van der Waals surface area contributed by atoms with Crippen molar-refractivity contribution < 1.29 is 4.79 Å². The maximum Gasteiger partial charge on any atom is 0.254 e. The number of hydrogen-bond donors (Lipinski definition) is 1. The Bertz CT molecular complexity index is 988. The van der Waals surface area contributed by atoms with Gasteiger partial charge in [0.1, 0.15) is 0 Å². The van der Waals surface area contributed by atoms with Gasteiger partial charge in [-0.3, -0.25) is 4.79 Å². The second kappa shape index (κ2) is 9.88. The largest absolute Gasteiger partial charge is 0.352 e. The van der Waals surface area contributed by atoms with E-state index in [-0.39, 0.29) is 5.91 Å². The van der Waals surface area contributed by atoms with Gasteiger partial charge in [-0.1, -0.05) is 71.2 Å². The standard InChI is InChI=1S/C25H34N4O/c1-6-8-9-19(7-2)14-27-25(30)22-15-26-24-23(16-28-29(24)18(22)5)21-12-10-20(11-13-21)17(3)4/h10-13,15-17,19H,6-9,14H2,1-5H3,(H,27,30)/t19-/m0/s1. The Morgan fingerprint density at radius 1 is 1.13 bits per heavy atom. The van der Waals surface area contributed by atoms with Gasteiger partial charge in [0.25, 0.3) is 5.91 Å². The van der Waals surface area contributed by atoms with Gasteiger partial charge in [-0.2, -0.15) is 5.10 Å². The zero-order valence-electron chi connectivity index (χ0n) is 18.9. The lowest BCUT2D eigenvalue weighted by molar-refractivity contribution is 0.0944. The Morgan fingerprint density at radius 2 is 1.87 bits per heavy atom. The molecule has 0 spiro atoms. The summed E-state index contributed by atoms with van der Waals surface area (Å²) in [4.78, 5) is 17.4.